The number of imidazole rings is 1. The zero-order chi connectivity index (χ0) is 35.3. The molecule has 0 spiro atoms. The number of aromatic nitrogens is 5. The van der Waals surface area contributed by atoms with E-state index in [-0.39, 0.29) is 52.8 Å². The Hall–Kier alpha value is -6.30. The van der Waals surface area contributed by atoms with Gasteiger partial charge in [-0.2, -0.15) is 0 Å². The maximum absolute atomic E-state index is 13.2. The first-order valence-corrected chi connectivity index (χ1v) is 14.6. The Labute approximate surface area is 278 Å². The summed E-state index contributed by atoms with van der Waals surface area (Å²) in [5.41, 5.74) is 8.67. The summed E-state index contributed by atoms with van der Waals surface area (Å²) in [7, 11) is 0. The van der Waals surface area contributed by atoms with Crippen LogP contribution in [0.2, 0.25) is 0 Å². The van der Waals surface area contributed by atoms with Crippen LogP contribution in [0.1, 0.15) is 64.5 Å². The molecule has 0 aliphatic rings. The first-order valence-electron chi connectivity index (χ1n) is 14.2. The van der Waals surface area contributed by atoms with Crippen molar-refractivity contribution in [2.24, 2.45) is 5.73 Å². The van der Waals surface area contributed by atoms with E-state index in [0.717, 1.165) is 0 Å². The minimum Gasteiger partial charge on any atom is -0.370 e. The van der Waals surface area contributed by atoms with Gasteiger partial charge in [-0.25, -0.2) is 4.98 Å². The molecule has 4 aromatic heterocycles. The fraction of sp³-hybridized carbons (Fsp3) is 0.207. The number of nitrogens with zero attached hydrogens (tertiary/aromatic N) is 1. The average molecular weight is 680 g/mol. The molecule has 4 heterocycles. The molecule has 0 aromatic carbocycles. The van der Waals surface area contributed by atoms with Gasteiger partial charge in [0.1, 0.15) is 17.1 Å². The maximum Gasteiger partial charge on any atom is 0.291 e. The quantitative estimate of drug-likeness (QED) is 0.0455. The number of nitrogens with two attached hydrogens (primary N) is 1. The average Bonchev–Trinajstić information content (AvgIpc) is 3.78. The third-order valence-corrected chi connectivity index (χ3v) is 7.32. The number of H-pyrrole nitrogens is 4. The summed E-state index contributed by atoms with van der Waals surface area (Å²) in [6.45, 7) is 10.4. The van der Waals surface area contributed by atoms with Crippen LogP contribution >= 0.6 is 11.6 Å². The number of aryl methyl sites for hydroxylation is 1. The normalized spacial score (nSPS) is 10.6. The molecule has 19 heteroatoms. The number of hydrogen-bond donors (Lipinski definition) is 12. The van der Waals surface area contributed by atoms with Gasteiger partial charge in [0.05, 0.1) is 27.8 Å². The van der Waals surface area contributed by atoms with E-state index >= 15 is 0 Å². The molecule has 18 nitrogen and oxygen atoms in total. The second-order valence-corrected chi connectivity index (χ2v) is 10.9. The summed E-state index contributed by atoms with van der Waals surface area (Å²) < 4.78 is 0. The zero-order valence-electron chi connectivity index (χ0n) is 26.3. The number of carbonyl (C=O) groups excluding carboxylic acids is 5. The molecule has 0 radical (unpaired) electrons. The van der Waals surface area contributed by atoms with Crippen LogP contribution in [-0.2, 0) is 4.79 Å². The zero-order valence-corrected chi connectivity index (χ0v) is 27.1. The molecule has 0 bridgehead atoms. The molecule has 13 N–H and O–H groups in total. The summed E-state index contributed by atoms with van der Waals surface area (Å²) >= 11 is 5.59. The van der Waals surface area contributed by atoms with Crippen LogP contribution in [0.3, 0.4) is 0 Å². The van der Waals surface area contributed by atoms with E-state index < -0.39 is 29.5 Å². The predicted molar refractivity (Wildman–Crippen MR) is 180 cm³/mol. The van der Waals surface area contributed by atoms with E-state index in [2.05, 4.69) is 63.4 Å². The largest absolute Gasteiger partial charge is 0.370 e. The number of rotatable bonds is 12. The lowest BCUT2D eigenvalue weighted by molar-refractivity contribution is -0.112. The van der Waals surface area contributed by atoms with Crippen LogP contribution in [0.4, 0.5) is 22.9 Å². The van der Waals surface area contributed by atoms with Crippen molar-refractivity contribution < 1.29 is 24.0 Å². The van der Waals surface area contributed by atoms with Crippen molar-refractivity contribution in [1.29, 1.82) is 5.41 Å². The minimum absolute atomic E-state index is 0.0867. The van der Waals surface area contributed by atoms with Gasteiger partial charge in [-0.05, 0) is 27.7 Å². The Balaban J connectivity index is 1.37. The van der Waals surface area contributed by atoms with Gasteiger partial charge in [-0.1, -0.05) is 18.2 Å². The van der Waals surface area contributed by atoms with Crippen LogP contribution in [0, 0.1) is 33.1 Å². The van der Waals surface area contributed by atoms with Crippen LogP contribution in [-0.4, -0.2) is 73.5 Å². The lowest BCUT2D eigenvalue weighted by atomic mass is 10.2. The second-order valence-electron chi connectivity index (χ2n) is 10.5. The van der Waals surface area contributed by atoms with E-state index in [4.69, 9.17) is 22.7 Å². The SMILES string of the molecule is C=C(Cl)C(=O)Nc1nc(C(=O)Nc2c[nH]c(C(=O)Nc3c[nH]c(C(=O)Nc4c[nH]c(C(=O)NCCNC(=N)N)c4C)c3C)c2C)[nH]c1C. The standard InChI is InChI=1S/C29H34ClN13O5/c1-11-16(8-35-19(11)25(45)33-6-7-34-29(31)32)39-26(46)20-12(2)17(9-36-20)40-27(47)21-13(3)18(10-37-21)41-28(48)23-38-15(5)22(42-23)43-24(44)14(4)30/h8-10,35-37H,4,6-7H2,1-3,5H3,(H,33,45)(H,38,42)(H,39,46)(H,40,47)(H,41,48)(H,43,44)(H4,31,32,34). The van der Waals surface area contributed by atoms with Crippen LogP contribution < -0.4 is 37.6 Å². The number of guanidine groups is 1. The Morgan fingerprint density at radius 3 is 1.65 bits per heavy atom. The maximum atomic E-state index is 13.2. The highest BCUT2D eigenvalue weighted by molar-refractivity contribution is 6.43. The molecule has 48 heavy (non-hydrogen) atoms. The van der Waals surface area contributed by atoms with E-state index in [0.29, 0.717) is 39.4 Å². The minimum atomic E-state index is -0.663. The molecule has 4 rings (SSSR count). The lowest BCUT2D eigenvalue weighted by Crippen LogP contribution is -2.37. The van der Waals surface area contributed by atoms with Gasteiger partial charge in [0.15, 0.2) is 17.6 Å². The molecule has 5 amide bonds. The van der Waals surface area contributed by atoms with E-state index in [1.165, 1.54) is 18.6 Å². The molecule has 252 valence electrons. The van der Waals surface area contributed by atoms with Crippen molar-refractivity contribution in [3.8, 4) is 0 Å². The Morgan fingerprint density at radius 2 is 1.19 bits per heavy atom. The van der Waals surface area contributed by atoms with Gasteiger partial charge < -0.3 is 57.6 Å². The molecule has 0 saturated heterocycles. The molecule has 0 aliphatic heterocycles. The van der Waals surface area contributed by atoms with Gasteiger partial charge >= 0.3 is 0 Å². The molecule has 0 unspecified atom stereocenters. The highest BCUT2D eigenvalue weighted by atomic mass is 35.5. The van der Waals surface area contributed by atoms with Gasteiger partial charge in [-0.3, -0.25) is 29.4 Å². The predicted octanol–water partition coefficient (Wildman–Crippen LogP) is 2.29. The first-order chi connectivity index (χ1) is 22.7. The Morgan fingerprint density at radius 1 is 0.750 bits per heavy atom. The van der Waals surface area contributed by atoms with Crippen molar-refractivity contribution in [3.63, 3.8) is 0 Å². The fourth-order valence-electron chi connectivity index (χ4n) is 4.46. The first kappa shape index (κ1) is 34.6. The van der Waals surface area contributed by atoms with Crippen molar-refractivity contribution in [1.82, 2.24) is 35.6 Å². The molecular formula is C29H34ClN13O5. The number of nitrogens with one attached hydrogen (secondary N) is 11. The number of aromatic amines is 4. The third kappa shape index (κ3) is 7.73. The monoisotopic (exact) mass is 679 g/mol. The van der Waals surface area contributed by atoms with Crippen molar-refractivity contribution in [2.75, 3.05) is 34.4 Å². The Bertz CT molecular complexity index is 1950. The summed E-state index contributed by atoms with van der Waals surface area (Å²) in [5.74, 6) is -2.89. The Kier molecular flexibility index (Phi) is 10.4. The van der Waals surface area contributed by atoms with Gasteiger partial charge in [-0.15, -0.1) is 0 Å². The number of amides is 5. The molecule has 0 atom stereocenters. The van der Waals surface area contributed by atoms with E-state index in [1.807, 2.05) is 0 Å². The number of hydrogen-bond acceptors (Lipinski definition) is 7. The summed E-state index contributed by atoms with van der Waals surface area (Å²) in [5, 5.41) is 22.8. The van der Waals surface area contributed by atoms with Crippen LogP contribution in [0.15, 0.2) is 30.2 Å². The summed E-state index contributed by atoms with van der Waals surface area (Å²) in [6.07, 6.45) is 4.40. The highest BCUT2D eigenvalue weighted by Crippen LogP contribution is 2.25. The van der Waals surface area contributed by atoms with Gasteiger partial charge in [0.2, 0.25) is 0 Å². The lowest BCUT2D eigenvalue weighted by Gasteiger charge is -2.08. The van der Waals surface area contributed by atoms with E-state index in [1.54, 1.807) is 27.7 Å². The molecule has 4 aromatic rings. The van der Waals surface area contributed by atoms with Crippen LogP contribution in [0.25, 0.3) is 0 Å². The number of anilines is 4. The molecule has 0 aliphatic carbocycles. The molecule has 0 saturated carbocycles. The fourth-order valence-corrected chi connectivity index (χ4v) is 4.51. The highest BCUT2D eigenvalue weighted by Gasteiger charge is 2.23. The summed E-state index contributed by atoms with van der Waals surface area (Å²) in [4.78, 5) is 78.8. The molecule has 0 fully saturated rings. The van der Waals surface area contributed by atoms with Crippen molar-refractivity contribution in [2.45, 2.75) is 27.7 Å². The van der Waals surface area contributed by atoms with Crippen molar-refractivity contribution in [3.05, 3.63) is 75.5 Å². The third-order valence-electron chi connectivity index (χ3n) is 7.15. The summed E-state index contributed by atoms with van der Waals surface area (Å²) in [6, 6.07) is 0. The van der Waals surface area contributed by atoms with Gasteiger partial charge in [0, 0.05) is 48.4 Å². The van der Waals surface area contributed by atoms with Crippen molar-refractivity contribution >= 4 is 70.0 Å². The number of halogens is 1. The van der Waals surface area contributed by atoms with Crippen LogP contribution in [0.5, 0.6) is 0 Å². The number of carbonyl (C=O) groups is 5. The smallest absolute Gasteiger partial charge is 0.291 e. The second kappa shape index (κ2) is 14.4. The van der Waals surface area contributed by atoms with E-state index in [9.17, 15) is 24.0 Å². The van der Waals surface area contributed by atoms with Gasteiger partial charge in [0.25, 0.3) is 29.5 Å². The topological polar surface area (TPSA) is 283 Å². The molecular weight excluding hydrogens is 646 g/mol.